The Morgan fingerprint density at radius 2 is 2.00 bits per heavy atom. The maximum Gasteiger partial charge on any atom is 0.338 e. The Labute approximate surface area is 258 Å². The first kappa shape index (κ1) is 28.3. The number of pyridine rings is 1. The average molecular weight is 622 g/mol. The number of anilines is 1. The minimum absolute atomic E-state index is 0.00541. The van der Waals surface area contributed by atoms with Crippen LogP contribution in [0.25, 0.3) is 5.65 Å². The zero-order valence-corrected chi connectivity index (χ0v) is 25.6. The van der Waals surface area contributed by atoms with Gasteiger partial charge in [0.05, 0.1) is 23.4 Å². The third kappa shape index (κ3) is 4.21. The third-order valence-electron chi connectivity index (χ3n) is 9.43. The number of aromatic nitrogens is 2. The fourth-order valence-corrected chi connectivity index (χ4v) is 7.75. The van der Waals surface area contributed by atoms with Crippen LogP contribution >= 0.6 is 23.2 Å². The van der Waals surface area contributed by atoms with Gasteiger partial charge in [-0.25, -0.2) is 14.2 Å². The molecule has 43 heavy (non-hydrogen) atoms. The lowest BCUT2D eigenvalue weighted by molar-refractivity contribution is -0.127. The number of likely N-dealkylation sites (tertiary alicyclic amines) is 1. The number of carbonyl (C=O) groups excluding carboxylic acids is 2. The van der Waals surface area contributed by atoms with E-state index in [0.29, 0.717) is 52.9 Å². The van der Waals surface area contributed by atoms with Crippen LogP contribution in [0.1, 0.15) is 70.0 Å². The number of hydrogen-bond acceptors (Lipinski definition) is 5. The monoisotopic (exact) mass is 620 g/mol. The van der Waals surface area contributed by atoms with E-state index in [2.05, 4.69) is 17.1 Å². The number of aryl methyl sites for hydroxylation is 2. The largest absolute Gasteiger partial charge is 0.465 e. The van der Waals surface area contributed by atoms with Crippen LogP contribution in [-0.2, 0) is 21.5 Å². The number of ether oxygens (including phenoxy) is 1. The van der Waals surface area contributed by atoms with E-state index < -0.39 is 23.2 Å². The predicted octanol–water partition coefficient (Wildman–Crippen LogP) is 6.88. The van der Waals surface area contributed by atoms with E-state index in [4.69, 9.17) is 32.9 Å². The van der Waals surface area contributed by atoms with Gasteiger partial charge in [0.1, 0.15) is 17.0 Å². The zero-order valence-electron chi connectivity index (χ0n) is 24.1. The van der Waals surface area contributed by atoms with Crippen molar-refractivity contribution in [3.8, 4) is 0 Å². The number of imidazole rings is 1. The van der Waals surface area contributed by atoms with Crippen molar-refractivity contribution in [3.63, 3.8) is 0 Å². The molecule has 1 amide bonds. The van der Waals surface area contributed by atoms with Crippen molar-refractivity contribution >= 4 is 46.4 Å². The number of hydrogen-bond donors (Lipinski definition) is 1. The molecule has 0 radical (unpaired) electrons. The van der Waals surface area contributed by atoms with Crippen molar-refractivity contribution in [2.45, 2.75) is 50.5 Å². The summed E-state index contributed by atoms with van der Waals surface area (Å²) in [5, 5.41) is 3.61. The number of nitrogens with zero attached hydrogens (tertiary/aromatic N) is 3. The van der Waals surface area contributed by atoms with Gasteiger partial charge in [-0.05, 0) is 67.5 Å². The Hall–Kier alpha value is -3.46. The molecule has 222 valence electrons. The number of amides is 1. The summed E-state index contributed by atoms with van der Waals surface area (Å²) < 4.78 is 23.2. The third-order valence-corrected chi connectivity index (χ3v) is 9.95. The number of halogens is 3. The van der Waals surface area contributed by atoms with Gasteiger partial charge in [0.25, 0.3) is 0 Å². The number of benzene rings is 2. The van der Waals surface area contributed by atoms with Crippen molar-refractivity contribution < 1.29 is 18.7 Å². The van der Waals surface area contributed by atoms with Gasteiger partial charge in [0.2, 0.25) is 5.91 Å². The van der Waals surface area contributed by atoms with Crippen molar-refractivity contribution in [1.82, 2.24) is 14.3 Å². The van der Waals surface area contributed by atoms with Gasteiger partial charge in [0, 0.05) is 53.1 Å². The maximum absolute atomic E-state index is 16.2. The molecule has 3 aliphatic rings. The smallest absolute Gasteiger partial charge is 0.338 e. The highest BCUT2D eigenvalue weighted by Gasteiger charge is 2.65. The molecule has 7 rings (SSSR count). The summed E-state index contributed by atoms with van der Waals surface area (Å²) in [6, 6.07) is 12.2. The minimum atomic E-state index is -1.20. The second-order valence-corrected chi connectivity index (χ2v) is 12.7. The lowest BCUT2D eigenvalue weighted by atomic mass is 9.70. The molecule has 0 bridgehead atoms. The van der Waals surface area contributed by atoms with E-state index in [1.165, 1.54) is 13.2 Å². The van der Waals surface area contributed by atoms with Gasteiger partial charge in [-0.3, -0.25) is 9.69 Å². The fraction of sp³-hybridized carbons (Fsp3) is 0.364. The summed E-state index contributed by atoms with van der Waals surface area (Å²) in [6.07, 6.45) is 4.72. The van der Waals surface area contributed by atoms with Crippen LogP contribution in [-0.4, -0.2) is 46.4 Å². The highest BCUT2D eigenvalue weighted by atomic mass is 35.5. The molecule has 0 unspecified atom stereocenters. The molecule has 4 heterocycles. The topological polar surface area (TPSA) is 75.9 Å². The Balaban J connectivity index is 1.51. The van der Waals surface area contributed by atoms with Gasteiger partial charge in [-0.1, -0.05) is 48.3 Å². The molecule has 10 heteroatoms. The first-order chi connectivity index (χ1) is 20.7. The van der Waals surface area contributed by atoms with E-state index in [-0.39, 0.29) is 16.8 Å². The molecule has 1 saturated heterocycles. The molecular formula is C33H31Cl2FN4O3. The van der Waals surface area contributed by atoms with E-state index in [0.717, 1.165) is 35.4 Å². The second-order valence-electron chi connectivity index (χ2n) is 11.9. The van der Waals surface area contributed by atoms with E-state index in [9.17, 15) is 9.59 Å². The molecule has 2 aliphatic heterocycles. The summed E-state index contributed by atoms with van der Waals surface area (Å²) in [4.78, 5) is 34.3. The van der Waals surface area contributed by atoms with Crippen LogP contribution in [0.5, 0.6) is 0 Å². The van der Waals surface area contributed by atoms with Crippen LogP contribution in [0.4, 0.5) is 10.1 Å². The molecule has 2 aromatic heterocycles. The fourth-order valence-electron chi connectivity index (χ4n) is 7.40. The van der Waals surface area contributed by atoms with Crippen molar-refractivity contribution in [2.75, 3.05) is 25.5 Å². The van der Waals surface area contributed by atoms with Crippen LogP contribution < -0.4 is 5.32 Å². The molecule has 1 saturated carbocycles. The van der Waals surface area contributed by atoms with Crippen molar-refractivity contribution in [2.24, 2.45) is 5.92 Å². The van der Waals surface area contributed by atoms with E-state index in [1.54, 1.807) is 30.3 Å². The summed E-state index contributed by atoms with van der Waals surface area (Å²) in [7, 11) is 1.36. The SMILES string of the molecule is CCc1c([C@@H]2CN(CC3CC3)[C@@]3(C(=O)Nc4cc(Cl)ccc43)[C@H]2c2cccc(Cl)c2F)nc2cc(C(=O)OC)c(C)cn12. The lowest BCUT2D eigenvalue weighted by Crippen LogP contribution is -2.50. The summed E-state index contributed by atoms with van der Waals surface area (Å²) in [6.45, 7) is 5.10. The molecule has 7 nitrogen and oxygen atoms in total. The molecule has 2 aromatic carbocycles. The molecule has 2 fully saturated rings. The first-order valence-electron chi connectivity index (χ1n) is 14.6. The Morgan fingerprint density at radius 3 is 2.72 bits per heavy atom. The standard InChI is InChI=1S/C33H31Cl2FN4O3/c1-4-26-30(38-27-13-21(31(41)43-3)17(2)14-40(26)27)22-16-39(15-18-8-9-18)33(28(22)20-6-5-7-24(35)29(20)36)23-11-10-19(34)12-25(23)37-32(33)42/h5-7,10-14,18,22,28H,4,8-9,15-16H2,1-3H3,(H,37,42)/t22-,28+,33-/m1/s1. The number of methoxy groups -OCH3 is 1. The molecular weight excluding hydrogens is 590 g/mol. The number of carbonyl (C=O) groups is 2. The highest BCUT2D eigenvalue weighted by molar-refractivity contribution is 6.31. The van der Waals surface area contributed by atoms with Gasteiger partial charge in [-0.2, -0.15) is 0 Å². The Kier molecular flexibility index (Phi) is 6.80. The molecule has 1 spiro atoms. The summed E-state index contributed by atoms with van der Waals surface area (Å²) in [5.41, 5.74) is 4.11. The maximum atomic E-state index is 16.2. The summed E-state index contributed by atoms with van der Waals surface area (Å²) in [5.74, 6) is -1.73. The lowest BCUT2D eigenvalue weighted by Gasteiger charge is -2.38. The van der Waals surface area contributed by atoms with Gasteiger partial charge < -0.3 is 14.5 Å². The number of rotatable bonds is 6. The van der Waals surface area contributed by atoms with Crippen molar-refractivity contribution in [1.29, 1.82) is 0 Å². The minimum Gasteiger partial charge on any atom is -0.465 e. The average Bonchev–Trinajstić information content (AvgIpc) is 3.55. The van der Waals surface area contributed by atoms with E-state index >= 15 is 4.39 Å². The van der Waals surface area contributed by atoms with Gasteiger partial charge >= 0.3 is 5.97 Å². The highest BCUT2D eigenvalue weighted by Crippen LogP contribution is 2.61. The van der Waals surface area contributed by atoms with Crippen LogP contribution in [0.2, 0.25) is 10.0 Å². The number of fused-ring (bicyclic) bond motifs is 3. The van der Waals surface area contributed by atoms with Gasteiger partial charge in [0.15, 0.2) is 0 Å². The second kappa shape index (κ2) is 10.3. The Bertz CT molecular complexity index is 1820. The molecule has 3 atom stereocenters. The normalized spacial score (nSPS) is 23.3. The van der Waals surface area contributed by atoms with E-state index in [1.807, 2.05) is 23.6 Å². The van der Waals surface area contributed by atoms with Gasteiger partial charge in [-0.15, -0.1) is 0 Å². The van der Waals surface area contributed by atoms with Crippen LogP contribution in [0.15, 0.2) is 48.7 Å². The molecule has 1 aliphatic carbocycles. The summed E-state index contributed by atoms with van der Waals surface area (Å²) >= 11 is 12.8. The van der Waals surface area contributed by atoms with Crippen LogP contribution in [0, 0.1) is 18.7 Å². The molecule has 4 aromatic rings. The Morgan fingerprint density at radius 1 is 1.21 bits per heavy atom. The predicted molar refractivity (Wildman–Crippen MR) is 164 cm³/mol. The first-order valence-corrected chi connectivity index (χ1v) is 15.3. The molecule has 1 N–H and O–H groups in total. The van der Waals surface area contributed by atoms with Crippen LogP contribution in [0.3, 0.4) is 0 Å². The number of esters is 1. The number of nitrogens with one attached hydrogen (secondary N) is 1. The van der Waals surface area contributed by atoms with Crippen molar-refractivity contribution in [3.05, 3.63) is 98.2 Å². The zero-order chi connectivity index (χ0) is 30.2. The quantitative estimate of drug-likeness (QED) is 0.238.